The Balaban J connectivity index is 2.82. The highest BCUT2D eigenvalue weighted by Crippen LogP contribution is 2.11. The Bertz CT molecular complexity index is 344. The predicted octanol–water partition coefficient (Wildman–Crippen LogP) is 2.58. The van der Waals surface area contributed by atoms with Gasteiger partial charge >= 0.3 is 0 Å². The summed E-state index contributed by atoms with van der Waals surface area (Å²) in [5, 5.41) is 8.85. The Hall–Kier alpha value is -1.26. The largest absolute Gasteiger partial charge is 0.392 e. The lowest BCUT2D eigenvalue weighted by atomic mass is 9.97. The molecular formula is C13H16O. The minimum Gasteiger partial charge on any atom is -0.392 e. The summed E-state index contributed by atoms with van der Waals surface area (Å²) in [7, 11) is 0. The molecule has 1 aromatic carbocycles. The van der Waals surface area contributed by atoms with E-state index >= 15 is 0 Å². The molecule has 0 aliphatic heterocycles. The van der Waals surface area contributed by atoms with E-state index in [0.29, 0.717) is 0 Å². The standard InChI is InChI=1S/C13H16O/c1-13(2,3)9-8-11-4-6-12(10-14)7-5-11/h4-7,14H,10H2,1-3H3. The molecule has 1 rings (SSSR count). The van der Waals surface area contributed by atoms with Crippen molar-refractivity contribution >= 4 is 0 Å². The zero-order valence-corrected chi connectivity index (χ0v) is 8.96. The van der Waals surface area contributed by atoms with Gasteiger partial charge in [0.25, 0.3) is 0 Å². The van der Waals surface area contributed by atoms with Crippen LogP contribution >= 0.6 is 0 Å². The van der Waals surface area contributed by atoms with Crippen LogP contribution in [0.15, 0.2) is 24.3 Å². The second-order valence-electron chi connectivity index (χ2n) is 4.36. The van der Waals surface area contributed by atoms with Crippen molar-refractivity contribution in [3.05, 3.63) is 35.4 Å². The molecule has 1 N–H and O–H groups in total. The number of rotatable bonds is 1. The van der Waals surface area contributed by atoms with Gasteiger partial charge < -0.3 is 5.11 Å². The van der Waals surface area contributed by atoms with Gasteiger partial charge in [-0.1, -0.05) is 24.0 Å². The quantitative estimate of drug-likeness (QED) is 0.672. The first-order valence-electron chi connectivity index (χ1n) is 4.74. The first-order valence-corrected chi connectivity index (χ1v) is 4.74. The highest BCUT2D eigenvalue weighted by molar-refractivity contribution is 5.36. The van der Waals surface area contributed by atoms with Crippen molar-refractivity contribution in [3.63, 3.8) is 0 Å². The lowest BCUT2D eigenvalue weighted by Gasteiger charge is -2.06. The highest BCUT2D eigenvalue weighted by Gasteiger charge is 2.03. The van der Waals surface area contributed by atoms with Crippen LogP contribution in [0.4, 0.5) is 0 Å². The Morgan fingerprint density at radius 1 is 1.14 bits per heavy atom. The van der Waals surface area contributed by atoms with Gasteiger partial charge in [0.2, 0.25) is 0 Å². The first kappa shape index (κ1) is 10.8. The summed E-state index contributed by atoms with van der Waals surface area (Å²) in [6, 6.07) is 7.66. The van der Waals surface area contributed by atoms with Gasteiger partial charge in [-0.05, 0) is 38.5 Å². The Morgan fingerprint density at radius 3 is 2.14 bits per heavy atom. The van der Waals surface area contributed by atoms with Gasteiger partial charge in [-0.2, -0.15) is 0 Å². The van der Waals surface area contributed by atoms with Crippen LogP contribution in [0.3, 0.4) is 0 Å². The van der Waals surface area contributed by atoms with Gasteiger partial charge in [-0.15, -0.1) is 0 Å². The molecule has 1 aromatic rings. The Kier molecular flexibility index (Phi) is 3.33. The predicted molar refractivity (Wildman–Crippen MR) is 58.7 cm³/mol. The summed E-state index contributed by atoms with van der Waals surface area (Å²) in [5.74, 6) is 6.27. The molecule has 14 heavy (non-hydrogen) atoms. The fourth-order valence-electron chi connectivity index (χ4n) is 0.953. The SMILES string of the molecule is CC(C)(C)C#Cc1ccc(CO)cc1. The number of aliphatic hydroxyl groups excluding tert-OH is 1. The number of benzene rings is 1. The van der Waals surface area contributed by atoms with E-state index in [4.69, 9.17) is 5.11 Å². The zero-order chi connectivity index (χ0) is 10.6. The highest BCUT2D eigenvalue weighted by atomic mass is 16.3. The smallest absolute Gasteiger partial charge is 0.0681 e. The molecule has 0 fully saturated rings. The van der Waals surface area contributed by atoms with Crippen molar-refractivity contribution in [1.82, 2.24) is 0 Å². The molecule has 0 bridgehead atoms. The average molecular weight is 188 g/mol. The third-order valence-corrected chi connectivity index (χ3v) is 1.72. The van der Waals surface area contributed by atoms with E-state index in [1.54, 1.807) is 0 Å². The van der Waals surface area contributed by atoms with Gasteiger partial charge in [0.15, 0.2) is 0 Å². The topological polar surface area (TPSA) is 20.2 Å². The van der Waals surface area contributed by atoms with E-state index in [1.165, 1.54) is 0 Å². The van der Waals surface area contributed by atoms with Crippen LogP contribution in [0.5, 0.6) is 0 Å². The lowest BCUT2D eigenvalue weighted by molar-refractivity contribution is 0.282. The molecule has 0 aromatic heterocycles. The minimum absolute atomic E-state index is 0.0374. The van der Waals surface area contributed by atoms with E-state index in [0.717, 1.165) is 11.1 Å². The summed E-state index contributed by atoms with van der Waals surface area (Å²) < 4.78 is 0. The van der Waals surface area contributed by atoms with Gasteiger partial charge in [-0.25, -0.2) is 0 Å². The summed E-state index contributed by atoms with van der Waals surface area (Å²) in [5.41, 5.74) is 1.96. The Labute approximate surface area is 85.8 Å². The summed E-state index contributed by atoms with van der Waals surface area (Å²) in [4.78, 5) is 0. The second-order valence-corrected chi connectivity index (χ2v) is 4.36. The van der Waals surface area contributed by atoms with Crippen molar-refractivity contribution in [3.8, 4) is 11.8 Å². The molecular weight excluding hydrogens is 172 g/mol. The van der Waals surface area contributed by atoms with Crippen LogP contribution in [0.25, 0.3) is 0 Å². The summed E-state index contributed by atoms with van der Waals surface area (Å²) >= 11 is 0. The van der Waals surface area contributed by atoms with Crippen LogP contribution in [0, 0.1) is 17.3 Å². The normalized spacial score (nSPS) is 10.6. The molecule has 1 heteroatoms. The van der Waals surface area contributed by atoms with Crippen LogP contribution in [0.1, 0.15) is 31.9 Å². The molecule has 0 amide bonds. The fourth-order valence-corrected chi connectivity index (χ4v) is 0.953. The van der Waals surface area contributed by atoms with Crippen LogP contribution in [0.2, 0.25) is 0 Å². The summed E-state index contributed by atoms with van der Waals surface area (Å²) in [6.07, 6.45) is 0. The van der Waals surface area contributed by atoms with Crippen LogP contribution < -0.4 is 0 Å². The maximum atomic E-state index is 8.85. The molecule has 1 nitrogen and oxygen atoms in total. The second kappa shape index (κ2) is 4.30. The third kappa shape index (κ3) is 3.64. The Morgan fingerprint density at radius 2 is 1.71 bits per heavy atom. The van der Waals surface area contributed by atoms with Gasteiger partial charge in [0.05, 0.1) is 6.61 Å². The van der Waals surface area contributed by atoms with Crippen LogP contribution in [-0.4, -0.2) is 5.11 Å². The molecule has 0 radical (unpaired) electrons. The minimum atomic E-state index is 0.0374. The molecule has 0 aliphatic carbocycles. The van der Waals surface area contributed by atoms with E-state index in [1.807, 2.05) is 24.3 Å². The molecule has 0 saturated carbocycles. The molecule has 0 heterocycles. The molecule has 0 spiro atoms. The van der Waals surface area contributed by atoms with Crippen molar-refractivity contribution in [2.45, 2.75) is 27.4 Å². The van der Waals surface area contributed by atoms with Gasteiger partial charge in [0, 0.05) is 11.0 Å². The molecule has 0 unspecified atom stereocenters. The molecule has 0 aliphatic rings. The molecule has 0 atom stereocenters. The van der Waals surface area contributed by atoms with E-state index in [-0.39, 0.29) is 12.0 Å². The number of hydrogen-bond donors (Lipinski definition) is 1. The molecule has 74 valence electrons. The third-order valence-electron chi connectivity index (χ3n) is 1.72. The monoisotopic (exact) mass is 188 g/mol. The van der Waals surface area contributed by atoms with Crippen molar-refractivity contribution in [2.75, 3.05) is 0 Å². The van der Waals surface area contributed by atoms with E-state index in [2.05, 4.69) is 32.6 Å². The van der Waals surface area contributed by atoms with Crippen LogP contribution in [-0.2, 0) is 6.61 Å². The van der Waals surface area contributed by atoms with E-state index < -0.39 is 0 Å². The van der Waals surface area contributed by atoms with E-state index in [9.17, 15) is 0 Å². The first-order chi connectivity index (χ1) is 6.51. The van der Waals surface area contributed by atoms with Gasteiger partial charge in [0.1, 0.15) is 0 Å². The lowest BCUT2D eigenvalue weighted by Crippen LogP contribution is -1.99. The zero-order valence-electron chi connectivity index (χ0n) is 8.96. The maximum Gasteiger partial charge on any atom is 0.0681 e. The van der Waals surface area contributed by atoms with Crippen molar-refractivity contribution in [2.24, 2.45) is 5.41 Å². The van der Waals surface area contributed by atoms with Gasteiger partial charge in [-0.3, -0.25) is 0 Å². The average Bonchev–Trinajstić information content (AvgIpc) is 2.14. The number of hydrogen-bond acceptors (Lipinski definition) is 1. The summed E-state index contributed by atoms with van der Waals surface area (Å²) in [6.45, 7) is 6.35. The number of aliphatic hydroxyl groups is 1. The fraction of sp³-hybridized carbons (Fsp3) is 0.385. The maximum absolute atomic E-state index is 8.85. The molecule has 0 saturated heterocycles. The van der Waals surface area contributed by atoms with Crippen molar-refractivity contribution < 1.29 is 5.11 Å². The van der Waals surface area contributed by atoms with Crippen molar-refractivity contribution in [1.29, 1.82) is 0 Å².